The molecule has 1 heterocycles. The van der Waals surface area contributed by atoms with Gasteiger partial charge in [0.2, 0.25) is 0 Å². The molecule has 0 atom stereocenters. The second-order valence-electron chi connectivity index (χ2n) is 4.17. The van der Waals surface area contributed by atoms with Gasteiger partial charge in [0.1, 0.15) is 5.82 Å². The standard InChI is InChI=1S/C10H13N3O3/c14-7-10(2-3-10)6-12-9-5-8(13(15)16)1-4-11-9/h1,4-5,14H,2-3,6-7H2,(H,11,12). The van der Waals surface area contributed by atoms with Crippen molar-refractivity contribution in [2.24, 2.45) is 5.41 Å². The van der Waals surface area contributed by atoms with Crippen LogP contribution in [0.15, 0.2) is 18.3 Å². The average Bonchev–Trinajstić information content (AvgIpc) is 3.07. The lowest BCUT2D eigenvalue weighted by atomic mass is 10.1. The number of aromatic nitrogens is 1. The molecule has 0 bridgehead atoms. The Bertz CT molecular complexity index is 404. The van der Waals surface area contributed by atoms with E-state index in [4.69, 9.17) is 5.11 Å². The van der Waals surface area contributed by atoms with Crippen molar-refractivity contribution in [2.45, 2.75) is 12.8 Å². The van der Waals surface area contributed by atoms with E-state index in [1.807, 2.05) is 0 Å². The van der Waals surface area contributed by atoms with E-state index in [2.05, 4.69) is 10.3 Å². The van der Waals surface area contributed by atoms with Crippen LogP contribution in [0.3, 0.4) is 0 Å². The molecule has 2 N–H and O–H groups in total. The first-order chi connectivity index (χ1) is 7.65. The second kappa shape index (κ2) is 4.05. The molecule has 1 aromatic heterocycles. The summed E-state index contributed by atoms with van der Waals surface area (Å²) in [5.74, 6) is 0.480. The Morgan fingerprint density at radius 3 is 2.94 bits per heavy atom. The van der Waals surface area contributed by atoms with Crippen molar-refractivity contribution < 1.29 is 10.0 Å². The first-order valence-electron chi connectivity index (χ1n) is 5.10. The Hall–Kier alpha value is -1.69. The van der Waals surface area contributed by atoms with Crippen molar-refractivity contribution in [3.63, 3.8) is 0 Å². The lowest BCUT2D eigenvalue weighted by Crippen LogP contribution is -2.19. The van der Waals surface area contributed by atoms with Gasteiger partial charge in [-0.1, -0.05) is 0 Å². The molecule has 0 aromatic carbocycles. The van der Waals surface area contributed by atoms with Crippen LogP contribution >= 0.6 is 0 Å². The molecule has 1 aliphatic carbocycles. The maximum atomic E-state index is 10.5. The molecule has 0 amide bonds. The fourth-order valence-corrected chi connectivity index (χ4v) is 1.48. The molecular formula is C10H13N3O3. The van der Waals surface area contributed by atoms with Crippen LogP contribution in [0.4, 0.5) is 11.5 Å². The zero-order valence-corrected chi connectivity index (χ0v) is 8.72. The predicted octanol–water partition coefficient (Wildman–Crippen LogP) is 1.17. The largest absolute Gasteiger partial charge is 0.396 e. The van der Waals surface area contributed by atoms with Crippen molar-refractivity contribution in [1.29, 1.82) is 0 Å². The molecule has 2 rings (SSSR count). The minimum Gasteiger partial charge on any atom is -0.396 e. The van der Waals surface area contributed by atoms with Gasteiger partial charge in [0, 0.05) is 24.2 Å². The number of rotatable bonds is 5. The monoisotopic (exact) mass is 223 g/mol. The predicted molar refractivity (Wildman–Crippen MR) is 58.1 cm³/mol. The number of nitrogens with zero attached hydrogens (tertiary/aromatic N) is 2. The van der Waals surface area contributed by atoms with E-state index >= 15 is 0 Å². The van der Waals surface area contributed by atoms with Crippen LogP contribution in [0.5, 0.6) is 0 Å². The van der Waals surface area contributed by atoms with Gasteiger partial charge in [0.05, 0.1) is 17.6 Å². The topological polar surface area (TPSA) is 88.3 Å². The van der Waals surface area contributed by atoms with E-state index in [1.54, 1.807) is 0 Å². The molecule has 6 heteroatoms. The number of aliphatic hydroxyl groups is 1. The van der Waals surface area contributed by atoms with Crippen LogP contribution in [-0.2, 0) is 0 Å². The molecule has 1 aliphatic rings. The summed E-state index contributed by atoms with van der Waals surface area (Å²) in [5, 5.41) is 22.7. The van der Waals surface area contributed by atoms with Gasteiger partial charge in [-0.3, -0.25) is 10.1 Å². The fraction of sp³-hybridized carbons (Fsp3) is 0.500. The lowest BCUT2D eigenvalue weighted by molar-refractivity contribution is -0.384. The number of nitro groups is 1. The lowest BCUT2D eigenvalue weighted by Gasteiger charge is -2.12. The van der Waals surface area contributed by atoms with Crippen molar-refractivity contribution in [3.05, 3.63) is 28.4 Å². The normalized spacial score (nSPS) is 16.8. The third-order valence-electron chi connectivity index (χ3n) is 2.89. The molecule has 0 radical (unpaired) electrons. The number of hydrogen-bond acceptors (Lipinski definition) is 5. The quantitative estimate of drug-likeness (QED) is 0.578. The van der Waals surface area contributed by atoms with Crippen molar-refractivity contribution in [2.75, 3.05) is 18.5 Å². The van der Waals surface area contributed by atoms with Gasteiger partial charge >= 0.3 is 0 Å². The highest BCUT2D eigenvalue weighted by Crippen LogP contribution is 2.44. The summed E-state index contributed by atoms with van der Waals surface area (Å²) in [6.45, 7) is 0.757. The number of hydrogen-bond donors (Lipinski definition) is 2. The van der Waals surface area contributed by atoms with Crippen molar-refractivity contribution in [3.8, 4) is 0 Å². The van der Waals surface area contributed by atoms with Gasteiger partial charge in [-0.15, -0.1) is 0 Å². The highest BCUT2D eigenvalue weighted by Gasteiger charge is 2.41. The highest BCUT2D eigenvalue weighted by molar-refractivity contribution is 5.44. The summed E-state index contributed by atoms with van der Waals surface area (Å²) in [5.41, 5.74) is -0.0157. The number of anilines is 1. The zero-order chi connectivity index (χ0) is 11.6. The Morgan fingerprint density at radius 1 is 1.62 bits per heavy atom. The van der Waals surface area contributed by atoms with Crippen LogP contribution in [0.2, 0.25) is 0 Å². The second-order valence-corrected chi connectivity index (χ2v) is 4.17. The zero-order valence-electron chi connectivity index (χ0n) is 8.72. The summed E-state index contributed by atoms with van der Waals surface area (Å²) in [4.78, 5) is 14.1. The summed E-state index contributed by atoms with van der Waals surface area (Å²) < 4.78 is 0. The number of pyridine rings is 1. The Labute approximate surface area is 92.5 Å². The molecule has 0 saturated heterocycles. The van der Waals surface area contributed by atoms with E-state index in [9.17, 15) is 10.1 Å². The minimum absolute atomic E-state index is 0.0198. The van der Waals surface area contributed by atoms with Crippen LogP contribution in [0.1, 0.15) is 12.8 Å². The molecule has 1 saturated carbocycles. The van der Waals surface area contributed by atoms with Gasteiger partial charge in [-0.2, -0.15) is 0 Å². The average molecular weight is 223 g/mol. The third-order valence-corrected chi connectivity index (χ3v) is 2.89. The summed E-state index contributed by atoms with van der Waals surface area (Å²) in [7, 11) is 0. The molecule has 0 aliphatic heterocycles. The molecular weight excluding hydrogens is 210 g/mol. The molecule has 1 fully saturated rings. The summed E-state index contributed by atoms with van der Waals surface area (Å²) in [6.07, 6.45) is 3.38. The van der Waals surface area contributed by atoms with Crippen LogP contribution < -0.4 is 5.32 Å². The van der Waals surface area contributed by atoms with Crippen molar-refractivity contribution >= 4 is 11.5 Å². The van der Waals surface area contributed by atoms with Gasteiger partial charge < -0.3 is 10.4 Å². The van der Waals surface area contributed by atoms with E-state index < -0.39 is 4.92 Å². The van der Waals surface area contributed by atoms with Gasteiger partial charge in [-0.05, 0) is 12.8 Å². The van der Waals surface area contributed by atoms with Crippen LogP contribution in [0, 0.1) is 15.5 Å². The van der Waals surface area contributed by atoms with Crippen molar-refractivity contribution in [1.82, 2.24) is 4.98 Å². The van der Waals surface area contributed by atoms with Crippen LogP contribution in [-0.4, -0.2) is 28.2 Å². The van der Waals surface area contributed by atoms with E-state index in [-0.39, 0.29) is 17.7 Å². The maximum absolute atomic E-state index is 10.5. The molecule has 6 nitrogen and oxygen atoms in total. The first-order valence-corrected chi connectivity index (χ1v) is 5.10. The van der Waals surface area contributed by atoms with Gasteiger partial charge in [0.25, 0.3) is 5.69 Å². The number of aliphatic hydroxyl groups excluding tert-OH is 1. The number of nitrogens with one attached hydrogen (secondary N) is 1. The molecule has 0 spiro atoms. The summed E-state index contributed by atoms with van der Waals surface area (Å²) >= 11 is 0. The Balaban J connectivity index is 1.99. The highest BCUT2D eigenvalue weighted by atomic mass is 16.6. The van der Waals surface area contributed by atoms with Crippen LogP contribution in [0.25, 0.3) is 0 Å². The summed E-state index contributed by atoms with van der Waals surface area (Å²) in [6, 6.07) is 2.75. The third kappa shape index (κ3) is 2.27. The Kier molecular flexibility index (Phi) is 2.74. The van der Waals surface area contributed by atoms with Gasteiger partial charge in [0.15, 0.2) is 0 Å². The molecule has 16 heavy (non-hydrogen) atoms. The molecule has 86 valence electrons. The Morgan fingerprint density at radius 2 is 2.38 bits per heavy atom. The minimum atomic E-state index is -0.453. The first kappa shape index (κ1) is 10.8. The SMILES string of the molecule is O=[N+]([O-])c1ccnc(NCC2(CO)CC2)c1. The van der Waals surface area contributed by atoms with E-state index in [0.717, 1.165) is 12.8 Å². The van der Waals surface area contributed by atoms with E-state index in [1.165, 1.54) is 18.3 Å². The fourth-order valence-electron chi connectivity index (χ4n) is 1.48. The molecule has 0 unspecified atom stereocenters. The van der Waals surface area contributed by atoms with E-state index in [0.29, 0.717) is 12.4 Å². The molecule has 1 aromatic rings. The smallest absolute Gasteiger partial charge is 0.274 e. The van der Waals surface area contributed by atoms with Gasteiger partial charge in [-0.25, -0.2) is 4.98 Å². The maximum Gasteiger partial charge on any atom is 0.274 e.